The van der Waals surface area contributed by atoms with Crippen LogP contribution in [-0.4, -0.2) is 82.5 Å². The van der Waals surface area contributed by atoms with E-state index in [1.807, 2.05) is 0 Å². The minimum absolute atomic E-state index is 0.0296. The molecule has 1 saturated heterocycles. The predicted molar refractivity (Wildman–Crippen MR) is 171 cm³/mol. The molecule has 0 bridgehead atoms. The minimum atomic E-state index is -1.52. The molecule has 1 aliphatic rings. The van der Waals surface area contributed by atoms with Gasteiger partial charge in [-0.15, -0.1) is 0 Å². The monoisotopic (exact) mass is 660 g/mol. The number of carbonyl (C=O) groups is 1. The average molecular weight is 661 g/mol. The highest BCUT2D eigenvalue weighted by molar-refractivity contribution is 5.89. The highest BCUT2D eigenvalue weighted by Crippen LogP contribution is 2.41. The van der Waals surface area contributed by atoms with Crippen molar-refractivity contribution in [3.8, 4) is 40.1 Å². The summed E-state index contributed by atoms with van der Waals surface area (Å²) in [7, 11) is 1.32. The Labute approximate surface area is 273 Å². The number of rotatable bonds is 10. The summed E-state index contributed by atoms with van der Waals surface area (Å²) in [4.78, 5) is 26.8. The Balaban J connectivity index is 1.65. The van der Waals surface area contributed by atoms with Crippen LogP contribution >= 0.6 is 0 Å². The summed E-state index contributed by atoms with van der Waals surface area (Å²) in [6, 6.07) is 14.3. The van der Waals surface area contributed by atoms with E-state index in [4.69, 9.17) is 23.4 Å². The second-order valence-electron chi connectivity index (χ2n) is 10.3. The molecule has 1 fully saturated rings. The third-order valence-corrected chi connectivity index (χ3v) is 7.39. The highest BCUT2D eigenvalue weighted by Gasteiger charge is 2.37. The van der Waals surface area contributed by atoms with Crippen LogP contribution in [0, 0.1) is 0 Å². The summed E-state index contributed by atoms with van der Waals surface area (Å²) >= 11 is 0. The molecule has 3 aromatic carbocycles. The first-order chi connectivity index (χ1) is 23.2. The molecule has 1 aliphatic heterocycles. The number of phenolic OH excluding ortho intramolecular Hbond substituents is 3. The van der Waals surface area contributed by atoms with Gasteiger partial charge in [-0.3, -0.25) is 4.79 Å². The standard InChI is InChI=1S/C35H32O13/c1-44-27-15-20(7-8-25(27)40)32-33(31(42)30-26(41)16-21(39)17-28(30)46-32)48-35-24(11-14-38)22(9-12-36)23(10-13-37)29(47-35)18-45-34(43)19-5-3-2-4-6-19/h2-11,15-17,29,35-41H,12-14,18H2,1H3/t29-,35-/m0/s1. The van der Waals surface area contributed by atoms with Gasteiger partial charge in [0.1, 0.15) is 35.2 Å². The van der Waals surface area contributed by atoms with E-state index in [0.29, 0.717) is 5.57 Å². The lowest BCUT2D eigenvalue weighted by molar-refractivity contribution is -0.106. The molecular formula is C35H32O13. The van der Waals surface area contributed by atoms with Crippen molar-refractivity contribution in [3.63, 3.8) is 0 Å². The Morgan fingerprint density at radius 3 is 2.27 bits per heavy atom. The fourth-order valence-electron chi connectivity index (χ4n) is 5.25. The van der Waals surface area contributed by atoms with E-state index in [1.54, 1.807) is 30.3 Å². The smallest absolute Gasteiger partial charge is 0.338 e. The molecule has 0 unspecified atom stereocenters. The molecule has 2 atom stereocenters. The molecule has 0 amide bonds. The van der Waals surface area contributed by atoms with Crippen molar-refractivity contribution in [2.45, 2.75) is 12.4 Å². The lowest BCUT2D eigenvalue weighted by Crippen LogP contribution is -2.41. The molecule has 0 aliphatic carbocycles. The van der Waals surface area contributed by atoms with Crippen molar-refractivity contribution in [1.82, 2.24) is 0 Å². The summed E-state index contributed by atoms with van der Waals surface area (Å²) in [6.07, 6.45) is 1.43. The Kier molecular flexibility index (Phi) is 10.5. The number of hydrogen-bond donors (Lipinski definition) is 6. The minimum Gasteiger partial charge on any atom is -0.508 e. The van der Waals surface area contributed by atoms with Crippen LogP contribution in [0.15, 0.2) is 105 Å². The third-order valence-electron chi connectivity index (χ3n) is 7.39. The van der Waals surface area contributed by atoms with Gasteiger partial charge in [0.2, 0.25) is 17.5 Å². The molecule has 0 saturated carbocycles. The highest BCUT2D eigenvalue weighted by atomic mass is 16.7. The van der Waals surface area contributed by atoms with Crippen molar-refractivity contribution in [3.05, 3.63) is 111 Å². The lowest BCUT2D eigenvalue weighted by atomic mass is 9.89. The van der Waals surface area contributed by atoms with E-state index >= 15 is 0 Å². The summed E-state index contributed by atoms with van der Waals surface area (Å²) < 4.78 is 29.2. The largest absolute Gasteiger partial charge is 0.508 e. The Hall–Kier alpha value is -5.60. The molecular weight excluding hydrogens is 628 g/mol. The van der Waals surface area contributed by atoms with Crippen LogP contribution in [-0.2, 0) is 9.47 Å². The maximum absolute atomic E-state index is 14.0. The van der Waals surface area contributed by atoms with Crippen LogP contribution in [0.1, 0.15) is 10.4 Å². The molecule has 0 radical (unpaired) electrons. The Bertz CT molecular complexity index is 1960. The number of hydrogen-bond acceptors (Lipinski definition) is 13. The maximum atomic E-state index is 14.0. The topological polar surface area (TPSA) is 206 Å². The molecule has 5 rings (SSSR count). The summed E-state index contributed by atoms with van der Waals surface area (Å²) in [5.74, 6) is -2.52. The van der Waals surface area contributed by atoms with Gasteiger partial charge in [0.05, 0.1) is 32.5 Å². The zero-order valence-electron chi connectivity index (χ0n) is 25.5. The number of phenols is 3. The quantitative estimate of drug-likeness (QED) is 0.135. The molecule has 6 N–H and O–H groups in total. The number of aliphatic hydroxyl groups is 3. The Morgan fingerprint density at radius 2 is 1.58 bits per heavy atom. The van der Waals surface area contributed by atoms with E-state index < -0.39 is 55.1 Å². The van der Waals surface area contributed by atoms with Gasteiger partial charge >= 0.3 is 5.97 Å². The van der Waals surface area contributed by atoms with Crippen LogP contribution in [0.25, 0.3) is 22.3 Å². The van der Waals surface area contributed by atoms with Gasteiger partial charge in [0.15, 0.2) is 17.3 Å². The van der Waals surface area contributed by atoms with Crippen LogP contribution < -0.4 is 14.9 Å². The van der Waals surface area contributed by atoms with Crippen LogP contribution in [0.3, 0.4) is 0 Å². The van der Waals surface area contributed by atoms with Crippen LogP contribution in [0.5, 0.6) is 28.7 Å². The third kappa shape index (κ3) is 6.89. The van der Waals surface area contributed by atoms with E-state index in [0.717, 1.165) is 12.1 Å². The zero-order chi connectivity index (χ0) is 34.4. The lowest BCUT2D eigenvalue weighted by Gasteiger charge is -2.36. The number of ether oxygens (including phenoxy) is 4. The van der Waals surface area contributed by atoms with Crippen molar-refractivity contribution in [2.75, 3.05) is 33.5 Å². The van der Waals surface area contributed by atoms with Gasteiger partial charge in [0.25, 0.3) is 0 Å². The Morgan fingerprint density at radius 1 is 0.875 bits per heavy atom. The first-order valence-corrected chi connectivity index (χ1v) is 14.6. The number of aromatic hydroxyl groups is 3. The van der Waals surface area contributed by atoms with E-state index in [1.165, 1.54) is 43.5 Å². The SMILES string of the molecule is COc1cc(-c2oc3cc(O)cc(O)c3c(=O)c2O[C@@H]2O[C@@H](COC(=O)c3ccccc3)C(=CCO)C(=CCO)C2=CCO)ccc1O. The van der Waals surface area contributed by atoms with E-state index in [2.05, 4.69) is 0 Å². The molecule has 0 spiro atoms. The van der Waals surface area contributed by atoms with E-state index in [-0.39, 0.29) is 62.9 Å². The average Bonchev–Trinajstić information content (AvgIpc) is 3.07. The predicted octanol–water partition coefficient (Wildman–Crippen LogP) is 3.30. The van der Waals surface area contributed by atoms with Crippen molar-refractivity contribution < 1.29 is 58.8 Å². The number of carbonyl (C=O) groups excluding carboxylic acids is 1. The van der Waals surface area contributed by atoms with Crippen LogP contribution in [0.2, 0.25) is 0 Å². The van der Waals surface area contributed by atoms with Crippen molar-refractivity contribution in [2.24, 2.45) is 0 Å². The molecule has 250 valence electrons. The molecule has 1 aromatic heterocycles. The first-order valence-electron chi connectivity index (χ1n) is 14.6. The maximum Gasteiger partial charge on any atom is 0.338 e. The van der Waals surface area contributed by atoms with Gasteiger partial charge in [0, 0.05) is 23.3 Å². The molecule has 13 nitrogen and oxygen atoms in total. The fraction of sp³-hybridized carbons (Fsp3) is 0.200. The van der Waals surface area contributed by atoms with Gasteiger partial charge in [-0.2, -0.15) is 0 Å². The van der Waals surface area contributed by atoms with Gasteiger partial charge in [-0.25, -0.2) is 4.79 Å². The van der Waals surface area contributed by atoms with Crippen molar-refractivity contribution in [1.29, 1.82) is 0 Å². The molecule has 13 heteroatoms. The summed E-state index contributed by atoms with van der Waals surface area (Å²) in [5, 5.41) is 60.3. The van der Waals surface area contributed by atoms with E-state index in [9.17, 15) is 40.2 Å². The first kappa shape index (κ1) is 33.8. The van der Waals surface area contributed by atoms with Gasteiger partial charge in [-0.1, -0.05) is 30.4 Å². The van der Waals surface area contributed by atoms with Crippen molar-refractivity contribution >= 4 is 16.9 Å². The number of aliphatic hydroxyl groups excluding tert-OH is 3. The number of fused-ring (bicyclic) bond motifs is 1. The summed E-state index contributed by atoms with van der Waals surface area (Å²) in [6.45, 7) is -1.87. The second kappa shape index (κ2) is 14.9. The fourth-order valence-corrected chi connectivity index (χ4v) is 5.25. The second-order valence-corrected chi connectivity index (χ2v) is 10.3. The zero-order valence-corrected chi connectivity index (χ0v) is 25.5. The molecule has 2 heterocycles. The number of esters is 1. The normalized spacial score (nSPS) is 18.8. The number of methoxy groups -OCH3 is 1. The molecule has 4 aromatic rings. The number of benzene rings is 3. The van der Waals surface area contributed by atoms with Crippen LogP contribution in [0.4, 0.5) is 0 Å². The van der Waals surface area contributed by atoms with Gasteiger partial charge < -0.3 is 54.0 Å². The summed E-state index contributed by atoms with van der Waals surface area (Å²) in [5.41, 5.74) is 0.0965. The van der Waals surface area contributed by atoms with Gasteiger partial charge in [-0.05, 0) is 47.6 Å². The molecule has 48 heavy (non-hydrogen) atoms.